The highest BCUT2D eigenvalue weighted by atomic mass is 16.3. The Morgan fingerprint density at radius 3 is 1.80 bits per heavy atom. The van der Waals surface area contributed by atoms with Crippen LogP contribution < -0.4 is 5.32 Å². The minimum atomic E-state index is -0.455. The van der Waals surface area contributed by atoms with E-state index in [1.807, 2.05) is 36.4 Å². The Morgan fingerprint density at radius 1 is 0.444 bits per heavy atom. The molecule has 1 aliphatic rings. The number of para-hydroxylation sites is 1. The molecule has 4 heteroatoms. The van der Waals surface area contributed by atoms with E-state index in [2.05, 4.69) is 121 Å². The minimum absolute atomic E-state index is 0.455. The lowest BCUT2D eigenvalue weighted by atomic mass is 9.99. The highest BCUT2D eigenvalue weighted by molar-refractivity contribution is 6.17. The van der Waals surface area contributed by atoms with Crippen LogP contribution in [0.4, 0.5) is 0 Å². The van der Waals surface area contributed by atoms with Crippen molar-refractivity contribution < 1.29 is 4.42 Å². The lowest BCUT2D eigenvalue weighted by Crippen LogP contribution is -2.36. The molecule has 1 unspecified atom stereocenters. The fourth-order valence-electron chi connectivity index (χ4n) is 6.44. The number of fused-ring (bicyclic) bond motifs is 5. The maximum Gasteiger partial charge on any atom is 0.170 e. The van der Waals surface area contributed by atoms with Crippen molar-refractivity contribution in [2.75, 3.05) is 0 Å². The van der Waals surface area contributed by atoms with Gasteiger partial charge in [-0.3, -0.25) is 0 Å². The first-order valence-electron chi connectivity index (χ1n) is 15.2. The molecular formula is C41H27N3O. The Morgan fingerprint density at radius 2 is 1.02 bits per heavy atom. The number of nitrogens with one attached hydrogen (secondary N) is 1. The molecule has 0 radical (unpaired) electrons. The van der Waals surface area contributed by atoms with Crippen LogP contribution in [0.3, 0.4) is 0 Å². The molecule has 4 nitrogen and oxygen atoms in total. The first-order chi connectivity index (χ1) is 22.3. The number of benzene rings is 7. The Hall–Kier alpha value is -6.00. The van der Waals surface area contributed by atoms with Crippen LogP contribution >= 0.6 is 0 Å². The van der Waals surface area contributed by atoms with Gasteiger partial charge in [0.15, 0.2) is 6.17 Å². The first-order valence-corrected chi connectivity index (χ1v) is 15.2. The van der Waals surface area contributed by atoms with Gasteiger partial charge < -0.3 is 9.73 Å². The van der Waals surface area contributed by atoms with Gasteiger partial charge in [0.2, 0.25) is 0 Å². The highest BCUT2D eigenvalue weighted by Crippen LogP contribution is 2.37. The van der Waals surface area contributed by atoms with Crippen LogP contribution in [0.5, 0.6) is 0 Å². The van der Waals surface area contributed by atoms with Gasteiger partial charge in [-0.1, -0.05) is 121 Å². The smallest absolute Gasteiger partial charge is 0.170 e. The molecule has 0 saturated carbocycles. The van der Waals surface area contributed by atoms with Crippen molar-refractivity contribution in [1.29, 1.82) is 0 Å². The molecule has 0 saturated heterocycles. The Balaban J connectivity index is 1.19. The van der Waals surface area contributed by atoms with Crippen LogP contribution in [0, 0.1) is 0 Å². The summed E-state index contributed by atoms with van der Waals surface area (Å²) in [6.45, 7) is 0. The van der Waals surface area contributed by atoms with Crippen LogP contribution in [0.1, 0.15) is 22.9 Å². The molecule has 212 valence electrons. The normalized spacial score (nSPS) is 14.9. The monoisotopic (exact) mass is 577 g/mol. The van der Waals surface area contributed by atoms with Crippen LogP contribution in [-0.4, -0.2) is 11.7 Å². The van der Waals surface area contributed by atoms with Crippen LogP contribution in [0.15, 0.2) is 166 Å². The van der Waals surface area contributed by atoms with E-state index in [1.54, 1.807) is 0 Å². The molecule has 8 aromatic rings. The van der Waals surface area contributed by atoms with Gasteiger partial charge in [-0.2, -0.15) is 0 Å². The third kappa shape index (κ3) is 4.47. The Bertz CT molecular complexity index is 2470. The van der Waals surface area contributed by atoms with Crippen molar-refractivity contribution in [3.05, 3.63) is 168 Å². The molecule has 7 aromatic carbocycles. The van der Waals surface area contributed by atoms with Crippen molar-refractivity contribution in [3.8, 4) is 11.1 Å². The van der Waals surface area contributed by atoms with E-state index in [0.717, 1.165) is 55.7 Å². The maximum atomic E-state index is 6.23. The first kappa shape index (κ1) is 25.5. The molecule has 0 spiro atoms. The number of furan rings is 1. The molecule has 0 bridgehead atoms. The number of rotatable bonds is 4. The van der Waals surface area contributed by atoms with Crippen molar-refractivity contribution in [2.24, 2.45) is 9.98 Å². The predicted octanol–water partition coefficient (Wildman–Crippen LogP) is 10.1. The van der Waals surface area contributed by atoms with Gasteiger partial charge >= 0.3 is 0 Å². The molecule has 1 aromatic heterocycles. The summed E-state index contributed by atoms with van der Waals surface area (Å²) in [6.07, 6.45) is -0.455. The molecule has 0 amide bonds. The zero-order valence-corrected chi connectivity index (χ0v) is 24.3. The quantitative estimate of drug-likeness (QED) is 0.226. The molecule has 2 heterocycles. The predicted molar refractivity (Wildman–Crippen MR) is 186 cm³/mol. The second-order valence-corrected chi connectivity index (χ2v) is 11.5. The third-order valence-corrected chi connectivity index (χ3v) is 8.70. The number of hydrogen-bond acceptors (Lipinski definition) is 4. The summed E-state index contributed by atoms with van der Waals surface area (Å²) >= 11 is 0. The highest BCUT2D eigenvalue weighted by Gasteiger charge is 2.24. The summed E-state index contributed by atoms with van der Waals surface area (Å²) < 4.78 is 6.23. The minimum Gasteiger partial charge on any atom is -0.456 e. The van der Waals surface area contributed by atoms with Crippen molar-refractivity contribution in [1.82, 2.24) is 5.32 Å². The van der Waals surface area contributed by atoms with Crippen molar-refractivity contribution >= 4 is 55.2 Å². The van der Waals surface area contributed by atoms with E-state index in [0.29, 0.717) is 0 Å². The fourth-order valence-corrected chi connectivity index (χ4v) is 6.44. The van der Waals surface area contributed by atoms with Crippen molar-refractivity contribution in [2.45, 2.75) is 6.17 Å². The van der Waals surface area contributed by atoms with Gasteiger partial charge in [0, 0.05) is 27.5 Å². The summed E-state index contributed by atoms with van der Waals surface area (Å²) in [7, 11) is 0. The lowest BCUT2D eigenvalue weighted by Gasteiger charge is -2.23. The van der Waals surface area contributed by atoms with Crippen LogP contribution in [-0.2, 0) is 0 Å². The number of hydrogen-bond donors (Lipinski definition) is 1. The van der Waals surface area contributed by atoms with Crippen molar-refractivity contribution in [3.63, 3.8) is 0 Å². The van der Waals surface area contributed by atoms with Gasteiger partial charge in [0.1, 0.15) is 22.8 Å². The van der Waals surface area contributed by atoms with Gasteiger partial charge in [0.25, 0.3) is 0 Å². The number of aliphatic imine (C=N–C) groups is 2. The van der Waals surface area contributed by atoms with E-state index in [9.17, 15) is 0 Å². The average molecular weight is 578 g/mol. The van der Waals surface area contributed by atoms with E-state index < -0.39 is 6.17 Å². The summed E-state index contributed by atoms with van der Waals surface area (Å²) in [5.41, 5.74) is 7.16. The van der Waals surface area contributed by atoms with Gasteiger partial charge in [-0.05, 0) is 63.0 Å². The number of nitrogens with zero attached hydrogens (tertiary/aromatic N) is 2. The maximum absolute atomic E-state index is 6.23. The van der Waals surface area contributed by atoms with E-state index in [1.165, 1.54) is 27.3 Å². The fraction of sp³-hybridized carbons (Fsp3) is 0.0244. The third-order valence-electron chi connectivity index (χ3n) is 8.70. The molecule has 45 heavy (non-hydrogen) atoms. The second kappa shape index (κ2) is 10.3. The van der Waals surface area contributed by atoms with E-state index in [-0.39, 0.29) is 0 Å². The molecule has 0 aliphatic carbocycles. The largest absolute Gasteiger partial charge is 0.456 e. The lowest BCUT2D eigenvalue weighted by molar-refractivity contribution is 0.667. The number of amidine groups is 2. The van der Waals surface area contributed by atoms with E-state index >= 15 is 0 Å². The van der Waals surface area contributed by atoms with Gasteiger partial charge in [-0.25, -0.2) is 9.98 Å². The average Bonchev–Trinajstić information content (AvgIpc) is 3.50. The van der Waals surface area contributed by atoms with Crippen LogP contribution in [0.2, 0.25) is 0 Å². The van der Waals surface area contributed by atoms with Crippen LogP contribution in [0.25, 0.3) is 54.6 Å². The van der Waals surface area contributed by atoms with Gasteiger partial charge in [-0.15, -0.1) is 0 Å². The molecule has 0 fully saturated rings. The molecule has 1 aliphatic heterocycles. The second-order valence-electron chi connectivity index (χ2n) is 11.5. The summed E-state index contributed by atoms with van der Waals surface area (Å²) in [5, 5.41) is 10.4. The molecular weight excluding hydrogens is 550 g/mol. The van der Waals surface area contributed by atoms with Gasteiger partial charge in [0.05, 0.1) is 0 Å². The standard InChI is InChI=1S/C41H27N3O/c1-2-9-26(10-3-1)29-18-19-31-25-33(22-20-30(31)23-29)40-42-39(32-21-17-27-11-4-5-12-28(27)24-32)43-41(44-40)35-14-8-16-37-38(35)34-13-6-7-15-36(34)45-37/h1-25,41H,(H,42,43,44). The zero-order chi connectivity index (χ0) is 29.7. The summed E-state index contributed by atoms with van der Waals surface area (Å²) in [4.78, 5) is 10.5. The molecule has 1 atom stereocenters. The summed E-state index contributed by atoms with van der Waals surface area (Å²) in [6, 6.07) is 52.9. The summed E-state index contributed by atoms with van der Waals surface area (Å²) in [5.74, 6) is 1.58. The Labute approximate surface area is 260 Å². The Kier molecular flexibility index (Phi) is 5.85. The topological polar surface area (TPSA) is 49.9 Å². The van der Waals surface area contributed by atoms with E-state index in [4.69, 9.17) is 14.4 Å². The zero-order valence-electron chi connectivity index (χ0n) is 24.3. The molecule has 1 N–H and O–H groups in total. The molecule has 9 rings (SSSR count). The SMILES string of the molecule is c1ccc(-c2ccc3cc(C4=NC(c5cccc6oc7ccccc7c56)N=C(c5ccc6ccccc6c5)N4)ccc3c2)cc1.